The van der Waals surface area contributed by atoms with E-state index in [2.05, 4.69) is 53.9 Å². The highest BCUT2D eigenvalue weighted by Gasteiger charge is 2.21. The lowest BCUT2D eigenvalue weighted by molar-refractivity contribution is 0.383. The molecule has 1 unspecified atom stereocenters. The molecular formula is C12H22BrN3. The minimum Gasteiger partial charge on any atom is -0.249 e. The zero-order valence-corrected chi connectivity index (χ0v) is 12.3. The summed E-state index contributed by atoms with van der Waals surface area (Å²) in [6, 6.07) is 0. The van der Waals surface area contributed by atoms with Crippen molar-refractivity contribution in [2.24, 2.45) is 5.41 Å². The number of aromatic nitrogens is 3. The van der Waals surface area contributed by atoms with Crippen molar-refractivity contribution in [3.05, 3.63) is 11.9 Å². The van der Waals surface area contributed by atoms with Gasteiger partial charge in [0.2, 0.25) is 0 Å². The van der Waals surface area contributed by atoms with Crippen LogP contribution in [0.25, 0.3) is 0 Å². The number of hydrogen-bond donors (Lipinski definition) is 0. The first-order valence-electron chi connectivity index (χ1n) is 5.96. The predicted molar refractivity (Wildman–Crippen MR) is 70.8 cm³/mol. The van der Waals surface area contributed by atoms with Crippen LogP contribution in [0.15, 0.2) is 6.20 Å². The van der Waals surface area contributed by atoms with E-state index in [4.69, 9.17) is 0 Å². The standard InChI is InChI=1S/C12H22BrN3/c1-5-8-16-10(9-14-15-16)6-7-11(13)12(2,3)4/h9,11H,5-8H2,1-4H3. The molecule has 1 rings (SSSR count). The summed E-state index contributed by atoms with van der Waals surface area (Å²) in [5.74, 6) is 0. The van der Waals surface area contributed by atoms with Crippen molar-refractivity contribution >= 4 is 15.9 Å². The molecule has 0 aliphatic rings. The van der Waals surface area contributed by atoms with Crippen LogP contribution in [0.2, 0.25) is 0 Å². The van der Waals surface area contributed by atoms with Gasteiger partial charge in [-0.2, -0.15) is 0 Å². The third-order valence-corrected chi connectivity index (χ3v) is 4.56. The van der Waals surface area contributed by atoms with E-state index >= 15 is 0 Å². The van der Waals surface area contributed by atoms with Crippen LogP contribution < -0.4 is 0 Å². The molecule has 92 valence electrons. The molecule has 0 aliphatic heterocycles. The summed E-state index contributed by atoms with van der Waals surface area (Å²) in [6.07, 6.45) is 5.16. The number of halogens is 1. The molecule has 0 amide bonds. The van der Waals surface area contributed by atoms with Crippen LogP contribution in [0.3, 0.4) is 0 Å². The summed E-state index contributed by atoms with van der Waals surface area (Å²) >= 11 is 3.76. The van der Waals surface area contributed by atoms with Crippen molar-refractivity contribution in [2.45, 2.75) is 58.3 Å². The second-order valence-corrected chi connectivity index (χ2v) is 6.43. The molecule has 1 aromatic heterocycles. The highest BCUT2D eigenvalue weighted by Crippen LogP contribution is 2.29. The van der Waals surface area contributed by atoms with E-state index in [0.29, 0.717) is 10.2 Å². The molecule has 0 saturated carbocycles. The topological polar surface area (TPSA) is 30.7 Å². The number of hydrogen-bond acceptors (Lipinski definition) is 2. The van der Waals surface area contributed by atoms with Crippen molar-refractivity contribution in [2.75, 3.05) is 0 Å². The molecule has 0 fully saturated rings. The summed E-state index contributed by atoms with van der Waals surface area (Å²) in [4.78, 5) is 0.532. The largest absolute Gasteiger partial charge is 0.249 e. The van der Waals surface area contributed by atoms with Crippen LogP contribution in [0.1, 0.15) is 46.2 Å². The highest BCUT2D eigenvalue weighted by atomic mass is 79.9. The van der Waals surface area contributed by atoms with Gasteiger partial charge in [-0.3, -0.25) is 0 Å². The number of alkyl halides is 1. The Morgan fingerprint density at radius 1 is 1.44 bits per heavy atom. The highest BCUT2D eigenvalue weighted by molar-refractivity contribution is 9.09. The molecular weight excluding hydrogens is 266 g/mol. The van der Waals surface area contributed by atoms with Crippen molar-refractivity contribution in [1.29, 1.82) is 0 Å². The quantitative estimate of drug-likeness (QED) is 0.777. The summed E-state index contributed by atoms with van der Waals surface area (Å²) in [5, 5.41) is 8.08. The SMILES string of the molecule is CCCn1nncc1CCC(Br)C(C)(C)C. The fourth-order valence-electron chi connectivity index (χ4n) is 1.58. The van der Waals surface area contributed by atoms with Crippen LogP contribution in [0.5, 0.6) is 0 Å². The third-order valence-electron chi connectivity index (χ3n) is 2.73. The molecule has 0 bridgehead atoms. The second-order valence-electron chi connectivity index (χ2n) is 5.32. The Labute approximate surface area is 107 Å². The Balaban J connectivity index is 2.51. The smallest absolute Gasteiger partial charge is 0.0725 e. The number of aryl methyl sites for hydroxylation is 2. The summed E-state index contributed by atoms with van der Waals surface area (Å²) in [7, 11) is 0. The maximum absolute atomic E-state index is 4.10. The molecule has 3 nitrogen and oxygen atoms in total. The van der Waals surface area contributed by atoms with Gasteiger partial charge in [0.25, 0.3) is 0 Å². The zero-order chi connectivity index (χ0) is 12.2. The van der Waals surface area contributed by atoms with Gasteiger partial charge in [-0.05, 0) is 24.7 Å². The van der Waals surface area contributed by atoms with Gasteiger partial charge in [-0.1, -0.05) is 48.8 Å². The van der Waals surface area contributed by atoms with Gasteiger partial charge in [0.1, 0.15) is 0 Å². The van der Waals surface area contributed by atoms with Crippen LogP contribution in [-0.4, -0.2) is 19.8 Å². The van der Waals surface area contributed by atoms with E-state index in [9.17, 15) is 0 Å². The zero-order valence-electron chi connectivity index (χ0n) is 10.7. The summed E-state index contributed by atoms with van der Waals surface area (Å²) in [5.41, 5.74) is 1.55. The lowest BCUT2D eigenvalue weighted by Crippen LogP contribution is -2.21. The molecule has 0 N–H and O–H groups in total. The first kappa shape index (κ1) is 13.7. The van der Waals surface area contributed by atoms with E-state index in [-0.39, 0.29) is 0 Å². The van der Waals surface area contributed by atoms with E-state index < -0.39 is 0 Å². The second kappa shape index (κ2) is 5.80. The lowest BCUT2D eigenvalue weighted by Gasteiger charge is -2.25. The fourth-order valence-corrected chi connectivity index (χ4v) is 1.81. The van der Waals surface area contributed by atoms with Gasteiger partial charge in [-0.25, -0.2) is 4.68 Å². The molecule has 0 aromatic carbocycles. The van der Waals surface area contributed by atoms with Gasteiger partial charge in [0.05, 0.1) is 11.9 Å². The average molecular weight is 288 g/mol. The molecule has 4 heteroatoms. The Hall–Kier alpha value is -0.380. The van der Waals surface area contributed by atoms with Gasteiger partial charge < -0.3 is 0 Å². The Bertz CT molecular complexity index is 314. The third kappa shape index (κ3) is 3.89. The maximum Gasteiger partial charge on any atom is 0.0725 e. The van der Waals surface area contributed by atoms with Crippen LogP contribution in [-0.2, 0) is 13.0 Å². The van der Waals surface area contributed by atoms with Crippen LogP contribution >= 0.6 is 15.9 Å². The number of rotatable bonds is 5. The van der Waals surface area contributed by atoms with Crippen molar-refractivity contribution < 1.29 is 0 Å². The van der Waals surface area contributed by atoms with E-state index in [1.807, 2.05) is 10.9 Å². The van der Waals surface area contributed by atoms with Gasteiger partial charge in [-0.15, -0.1) is 5.10 Å². The first-order chi connectivity index (χ1) is 7.45. The van der Waals surface area contributed by atoms with E-state index in [1.165, 1.54) is 5.69 Å². The Morgan fingerprint density at radius 3 is 2.69 bits per heavy atom. The van der Waals surface area contributed by atoms with Gasteiger partial charge >= 0.3 is 0 Å². The first-order valence-corrected chi connectivity index (χ1v) is 6.88. The Morgan fingerprint density at radius 2 is 2.12 bits per heavy atom. The van der Waals surface area contributed by atoms with Crippen molar-refractivity contribution in [1.82, 2.24) is 15.0 Å². The van der Waals surface area contributed by atoms with Gasteiger partial charge in [0.15, 0.2) is 0 Å². The minimum absolute atomic E-state index is 0.309. The van der Waals surface area contributed by atoms with E-state index in [0.717, 1.165) is 25.8 Å². The molecule has 1 heterocycles. The molecule has 0 spiro atoms. The monoisotopic (exact) mass is 287 g/mol. The predicted octanol–water partition coefficient (Wildman–Crippen LogP) is 3.43. The molecule has 0 aliphatic carbocycles. The normalized spacial score (nSPS) is 14.1. The average Bonchev–Trinajstić information content (AvgIpc) is 2.61. The molecule has 1 aromatic rings. The van der Waals surface area contributed by atoms with Crippen LogP contribution in [0, 0.1) is 5.41 Å². The van der Waals surface area contributed by atoms with Crippen molar-refractivity contribution in [3.8, 4) is 0 Å². The van der Waals surface area contributed by atoms with E-state index in [1.54, 1.807) is 0 Å². The molecule has 16 heavy (non-hydrogen) atoms. The van der Waals surface area contributed by atoms with Crippen molar-refractivity contribution in [3.63, 3.8) is 0 Å². The number of nitrogens with zero attached hydrogens (tertiary/aromatic N) is 3. The molecule has 0 saturated heterocycles. The molecule has 0 radical (unpaired) electrons. The molecule has 1 atom stereocenters. The van der Waals surface area contributed by atoms with Crippen LogP contribution in [0.4, 0.5) is 0 Å². The summed E-state index contributed by atoms with van der Waals surface area (Å²) in [6.45, 7) is 9.90. The Kier molecular flexibility index (Phi) is 4.96. The van der Waals surface area contributed by atoms with Gasteiger partial charge in [0, 0.05) is 11.4 Å². The minimum atomic E-state index is 0.309. The maximum atomic E-state index is 4.10. The lowest BCUT2D eigenvalue weighted by atomic mass is 9.89. The summed E-state index contributed by atoms with van der Waals surface area (Å²) < 4.78 is 2.02. The fraction of sp³-hybridized carbons (Fsp3) is 0.833.